The van der Waals surface area contributed by atoms with Gasteiger partial charge in [-0.2, -0.15) is 0 Å². The Morgan fingerprint density at radius 1 is 1.16 bits per heavy atom. The highest BCUT2D eigenvalue weighted by Crippen LogP contribution is 2.26. The number of hydrogen-bond acceptors (Lipinski definition) is 3. The second-order valence-corrected chi connectivity index (χ2v) is 5.04. The van der Waals surface area contributed by atoms with Crippen molar-refractivity contribution in [3.05, 3.63) is 57.8 Å². The smallest absolute Gasteiger partial charge is 0.139 e. The summed E-state index contributed by atoms with van der Waals surface area (Å²) in [5, 5.41) is 12.0. The van der Waals surface area contributed by atoms with Crippen LogP contribution >= 0.6 is 15.9 Å². The van der Waals surface area contributed by atoms with Crippen molar-refractivity contribution in [1.29, 1.82) is 0 Å². The van der Waals surface area contributed by atoms with Gasteiger partial charge in [0.15, 0.2) is 0 Å². The van der Waals surface area contributed by atoms with E-state index in [9.17, 15) is 4.39 Å². The van der Waals surface area contributed by atoms with Crippen LogP contribution in [0.15, 0.2) is 40.9 Å². The van der Waals surface area contributed by atoms with E-state index >= 15 is 0 Å². The third-order valence-corrected chi connectivity index (χ3v) is 3.39. The van der Waals surface area contributed by atoms with E-state index in [0.717, 1.165) is 11.1 Å². The van der Waals surface area contributed by atoms with Gasteiger partial charge < -0.3 is 16.2 Å². The van der Waals surface area contributed by atoms with Crippen LogP contribution in [-0.4, -0.2) is 5.11 Å². The molecule has 2 rings (SSSR count). The maximum atomic E-state index is 13.4. The van der Waals surface area contributed by atoms with Crippen molar-refractivity contribution in [2.45, 2.75) is 13.2 Å². The van der Waals surface area contributed by atoms with Crippen LogP contribution in [0.25, 0.3) is 0 Å². The highest BCUT2D eigenvalue weighted by atomic mass is 79.9. The zero-order chi connectivity index (χ0) is 13.8. The summed E-state index contributed by atoms with van der Waals surface area (Å²) in [6.45, 7) is 0.565. The zero-order valence-corrected chi connectivity index (χ0v) is 11.7. The topological polar surface area (TPSA) is 58.3 Å². The molecule has 0 amide bonds. The van der Waals surface area contributed by atoms with Crippen LogP contribution < -0.4 is 11.1 Å². The van der Waals surface area contributed by atoms with Crippen molar-refractivity contribution in [2.75, 3.05) is 11.1 Å². The number of nitrogen functional groups attached to an aromatic ring is 1. The highest BCUT2D eigenvalue weighted by molar-refractivity contribution is 9.10. The van der Waals surface area contributed by atoms with Gasteiger partial charge in [0, 0.05) is 12.6 Å². The van der Waals surface area contributed by atoms with E-state index in [1.807, 2.05) is 24.3 Å². The van der Waals surface area contributed by atoms with Gasteiger partial charge in [0.25, 0.3) is 0 Å². The second kappa shape index (κ2) is 6.04. The molecular formula is C14H14BrFN2O. The van der Waals surface area contributed by atoms with E-state index < -0.39 is 0 Å². The fourth-order valence-electron chi connectivity index (χ4n) is 1.68. The molecule has 0 fully saturated rings. The standard InChI is InChI=1S/C14H14BrFN2O/c15-11-5-13(17)14(6-12(11)16)18-7-9-1-3-10(8-19)4-2-9/h1-6,18-19H,7-8,17H2. The molecule has 100 valence electrons. The number of anilines is 2. The molecule has 2 aromatic carbocycles. The zero-order valence-electron chi connectivity index (χ0n) is 10.2. The molecule has 3 nitrogen and oxygen atoms in total. The van der Waals surface area contributed by atoms with E-state index in [0.29, 0.717) is 22.4 Å². The highest BCUT2D eigenvalue weighted by Gasteiger charge is 2.05. The van der Waals surface area contributed by atoms with Crippen molar-refractivity contribution in [3.63, 3.8) is 0 Å². The Kier molecular flexibility index (Phi) is 4.39. The van der Waals surface area contributed by atoms with Crippen LogP contribution in [0.5, 0.6) is 0 Å². The van der Waals surface area contributed by atoms with Gasteiger partial charge in [-0.1, -0.05) is 24.3 Å². The van der Waals surface area contributed by atoms with Crippen LogP contribution in [0.1, 0.15) is 11.1 Å². The molecule has 0 spiro atoms. The van der Waals surface area contributed by atoms with Gasteiger partial charge in [-0.15, -0.1) is 0 Å². The number of hydrogen-bond donors (Lipinski definition) is 3. The summed E-state index contributed by atoms with van der Waals surface area (Å²) in [6.07, 6.45) is 0. The number of nitrogens with two attached hydrogens (primary N) is 1. The summed E-state index contributed by atoms with van der Waals surface area (Å²) < 4.78 is 13.8. The maximum Gasteiger partial charge on any atom is 0.139 e. The molecule has 0 atom stereocenters. The van der Waals surface area contributed by atoms with Crippen LogP contribution in [0, 0.1) is 5.82 Å². The summed E-state index contributed by atoms with van der Waals surface area (Å²) in [5.41, 5.74) is 8.74. The Morgan fingerprint density at radius 3 is 2.42 bits per heavy atom. The lowest BCUT2D eigenvalue weighted by Gasteiger charge is -2.10. The van der Waals surface area contributed by atoms with E-state index in [-0.39, 0.29) is 12.4 Å². The van der Waals surface area contributed by atoms with Gasteiger partial charge in [0.1, 0.15) is 5.82 Å². The molecule has 5 heteroatoms. The van der Waals surface area contributed by atoms with Gasteiger partial charge in [-0.3, -0.25) is 0 Å². The van der Waals surface area contributed by atoms with Gasteiger partial charge >= 0.3 is 0 Å². The summed E-state index contributed by atoms with van der Waals surface area (Å²) in [4.78, 5) is 0. The van der Waals surface area contributed by atoms with Crippen LogP contribution in [0.2, 0.25) is 0 Å². The predicted molar refractivity (Wildman–Crippen MR) is 78.2 cm³/mol. The molecular weight excluding hydrogens is 311 g/mol. The largest absolute Gasteiger partial charge is 0.397 e. The minimum atomic E-state index is -0.354. The quantitative estimate of drug-likeness (QED) is 0.756. The number of halogens is 2. The minimum Gasteiger partial charge on any atom is -0.397 e. The molecule has 0 radical (unpaired) electrons. The fraction of sp³-hybridized carbons (Fsp3) is 0.143. The molecule has 2 aromatic rings. The average molecular weight is 325 g/mol. The van der Waals surface area contributed by atoms with Crippen molar-refractivity contribution in [1.82, 2.24) is 0 Å². The van der Waals surface area contributed by atoms with E-state index in [1.165, 1.54) is 12.1 Å². The Hall–Kier alpha value is -1.59. The third kappa shape index (κ3) is 3.45. The molecule has 0 saturated heterocycles. The molecule has 0 saturated carbocycles. The number of aliphatic hydroxyl groups is 1. The van der Waals surface area contributed by atoms with Crippen molar-refractivity contribution in [2.24, 2.45) is 0 Å². The maximum absolute atomic E-state index is 13.4. The normalized spacial score (nSPS) is 10.5. The number of rotatable bonds is 4. The number of benzene rings is 2. The third-order valence-electron chi connectivity index (χ3n) is 2.78. The molecule has 0 aromatic heterocycles. The predicted octanol–water partition coefficient (Wildman–Crippen LogP) is 3.27. The monoisotopic (exact) mass is 324 g/mol. The van der Waals surface area contributed by atoms with E-state index in [1.54, 1.807) is 0 Å². The summed E-state index contributed by atoms with van der Waals surface area (Å²) in [7, 11) is 0. The van der Waals surface area contributed by atoms with Crippen LogP contribution in [0.4, 0.5) is 15.8 Å². The molecule has 19 heavy (non-hydrogen) atoms. The Labute approximate surface area is 119 Å². The minimum absolute atomic E-state index is 0.0264. The van der Waals surface area contributed by atoms with Crippen LogP contribution in [0.3, 0.4) is 0 Å². The molecule has 0 bridgehead atoms. The first-order valence-electron chi connectivity index (χ1n) is 5.77. The molecule has 4 N–H and O–H groups in total. The fourth-order valence-corrected chi connectivity index (χ4v) is 2.04. The Morgan fingerprint density at radius 2 is 1.79 bits per heavy atom. The lowest BCUT2D eigenvalue weighted by atomic mass is 10.1. The molecule has 0 aliphatic rings. The Balaban J connectivity index is 2.07. The second-order valence-electron chi connectivity index (χ2n) is 4.18. The van der Waals surface area contributed by atoms with Crippen molar-refractivity contribution >= 4 is 27.3 Å². The molecule has 0 aliphatic carbocycles. The van der Waals surface area contributed by atoms with Gasteiger partial charge in [-0.05, 0) is 33.1 Å². The molecule has 0 aliphatic heterocycles. The van der Waals surface area contributed by atoms with Crippen molar-refractivity contribution in [3.8, 4) is 0 Å². The van der Waals surface area contributed by atoms with E-state index in [2.05, 4.69) is 21.2 Å². The summed E-state index contributed by atoms with van der Waals surface area (Å²) in [6, 6.07) is 10.4. The number of aliphatic hydroxyl groups excluding tert-OH is 1. The average Bonchev–Trinajstić information content (AvgIpc) is 2.42. The lowest BCUT2D eigenvalue weighted by Crippen LogP contribution is -2.03. The summed E-state index contributed by atoms with van der Waals surface area (Å²) in [5.74, 6) is -0.354. The molecule has 0 unspecified atom stereocenters. The lowest BCUT2D eigenvalue weighted by molar-refractivity contribution is 0.282. The van der Waals surface area contributed by atoms with Crippen molar-refractivity contribution < 1.29 is 9.50 Å². The van der Waals surface area contributed by atoms with Crippen LogP contribution in [-0.2, 0) is 13.2 Å². The molecule has 0 heterocycles. The first-order chi connectivity index (χ1) is 9.10. The van der Waals surface area contributed by atoms with Gasteiger partial charge in [0.05, 0.1) is 22.5 Å². The SMILES string of the molecule is Nc1cc(Br)c(F)cc1NCc1ccc(CO)cc1. The first-order valence-corrected chi connectivity index (χ1v) is 6.56. The summed E-state index contributed by atoms with van der Waals surface area (Å²) >= 11 is 3.09. The van der Waals surface area contributed by atoms with Gasteiger partial charge in [0.2, 0.25) is 0 Å². The first kappa shape index (κ1) is 13.8. The van der Waals surface area contributed by atoms with Gasteiger partial charge in [-0.25, -0.2) is 4.39 Å². The van der Waals surface area contributed by atoms with E-state index in [4.69, 9.17) is 10.8 Å². The number of nitrogens with one attached hydrogen (secondary N) is 1. The Bertz CT molecular complexity index is 572.